The standard InChI is InChI=1S/C13H14BrF3N2O/c14-10-5-9(13(15,16)17)6-11(7-10)18-8-12(20)19-3-1-2-4-19/h5-7,18H,1-4,8H2. The summed E-state index contributed by atoms with van der Waals surface area (Å²) < 4.78 is 38.3. The fourth-order valence-electron chi connectivity index (χ4n) is 2.11. The fourth-order valence-corrected chi connectivity index (χ4v) is 2.60. The fraction of sp³-hybridized carbons (Fsp3) is 0.462. The number of halogens is 4. The second-order valence-electron chi connectivity index (χ2n) is 4.67. The molecule has 20 heavy (non-hydrogen) atoms. The lowest BCUT2D eigenvalue weighted by Gasteiger charge is -2.16. The van der Waals surface area contributed by atoms with Gasteiger partial charge in [0.1, 0.15) is 0 Å². The van der Waals surface area contributed by atoms with Crippen LogP contribution in [0.2, 0.25) is 0 Å². The normalized spacial score (nSPS) is 15.5. The lowest BCUT2D eigenvalue weighted by molar-refractivity contribution is -0.137. The molecule has 1 aromatic rings. The predicted octanol–water partition coefficient (Wildman–Crippen LogP) is 3.50. The van der Waals surface area contributed by atoms with Gasteiger partial charge in [0, 0.05) is 23.2 Å². The van der Waals surface area contributed by atoms with E-state index in [1.807, 2.05) is 0 Å². The van der Waals surface area contributed by atoms with Crippen molar-refractivity contribution in [3.8, 4) is 0 Å². The molecule has 0 saturated carbocycles. The summed E-state index contributed by atoms with van der Waals surface area (Å²) >= 11 is 3.04. The number of rotatable bonds is 3. The molecule has 2 rings (SSSR count). The van der Waals surface area contributed by atoms with Crippen LogP contribution in [0.5, 0.6) is 0 Å². The first-order valence-electron chi connectivity index (χ1n) is 6.26. The van der Waals surface area contributed by atoms with Crippen LogP contribution < -0.4 is 5.32 Å². The highest BCUT2D eigenvalue weighted by Crippen LogP contribution is 2.33. The second kappa shape index (κ2) is 6.03. The van der Waals surface area contributed by atoms with Crippen molar-refractivity contribution in [2.75, 3.05) is 25.0 Å². The minimum absolute atomic E-state index is 0.00769. The summed E-state index contributed by atoms with van der Waals surface area (Å²) in [5.41, 5.74) is -0.470. The van der Waals surface area contributed by atoms with Gasteiger partial charge in [-0.05, 0) is 31.0 Å². The molecule has 0 aliphatic carbocycles. The lowest BCUT2D eigenvalue weighted by atomic mass is 10.2. The van der Waals surface area contributed by atoms with Crippen molar-refractivity contribution in [1.29, 1.82) is 0 Å². The molecule has 1 aliphatic rings. The highest BCUT2D eigenvalue weighted by molar-refractivity contribution is 9.10. The summed E-state index contributed by atoms with van der Waals surface area (Å²) in [6.45, 7) is 1.47. The molecule has 1 heterocycles. The third-order valence-corrected chi connectivity index (χ3v) is 3.59. The maximum absolute atomic E-state index is 12.7. The number of carbonyl (C=O) groups is 1. The molecule has 1 aliphatic heterocycles. The molecule has 1 fully saturated rings. The van der Waals surface area contributed by atoms with E-state index in [-0.39, 0.29) is 18.1 Å². The van der Waals surface area contributed by atoms with Crippen molar-refractivity contribution < 1.29 is 18.0 Å². The number of nitrogens with zero attached hydrogens (tertiary/aromatic N) is 1. The number of nitrogens with one attached hydrogen (secondary N) is 1. The number of likely N-dealkylation sites (tertiary alicyclic amines) is 1. The predicted molar refractivity (Wildman–Crippen MR) is 73.4 cm³/mol. The zero-order chi connectivity index (χ0) is 14.8. The van der Waals surface area contributed by atoms with Crippen molar-refractivity contribution in [3.63, 3.8) is 0 Å². The van der Waals surface area contributed by atoms with Gasteiger partial charge in [0.25, 0.3) is 0 Å². The SMILES string of the molecule is O=C(CNc1cc(Br)cc(C(F)(F)F)c1)N1CCCC1. The molecule has 0 bridgehead atoms. The van der Waals surface area contributed by atoms with Crippen LogP contribution in [-0.2, 0) is 11.0 Å². The molecule has 7 heteroatoms. The Kier molecular flexibility index (Phi) is 4.57. The average molecular weight is 351 g/mol. The summed E-state index contributed by atoms with van der Waals surface area (Å²) in [5, 5.41) is 2.75. The van der Waals surface area contributed by atoms with Gasteiger partial charge in [0.05, 0.1) is 12.1 Å². The van der Waals surface area contributed by atoms with Crippen molar-refractivity contribution in [2.45, 2.75) is 19.0 Å². The summed E-state index contributed by atoms with van der Waals surface area (Å²) in [7, 11) is 0. The number of anilines is 1. The van der Waals surface area contributed by atoms with E-state index in [0.29, 0.717) is 4.47 Å². The van der Waals surface area contributed by atoms with Gasteiger partial charge in [-0.15, -0.1) is 0 Å². The Morgan fingerprint density at radius 1 is 1.25 bits per heavy atom. The van der Waals surface area contributed by atoms with Crippen molar-refractivity contribution in [2.24, 2.45) is 0 Å². The van der Waals surface area contributed by atoms with E-state index in [1.54, 1.807) is 4.90 Å². The van der Waals surface area contributed by atoms with E-state index in [1.165, 1.54) is 6.07 Å². The van der Waals surface area contributed by atoms with Gasteiger partial charge in [-0.2, -0.15) is 13.2 Å². The van der Waals surface area contributed by atoms with Crippen LogP contribution in [0.3, 0.4) is 0 Å². The number of benzene rings is 1. The average Bonchev–Trinajstić information content (AvgIpc) is 2.88. The molecule has 0 unspecified atom stereocenters. The maximum Gasteiger partial charge on any atom is 0.416 e. The number of amides is 1. The quantitative estimate of drug-likeness (QED) is 0.904. The largest absolute Gasteiger partial charge is 0.416 e. The molecule has 1 N–H and O–H groups in total. The van der Waals surface area contributed by atoms with Gasteiger partial charge >= 0.3 is 6.18 Å². The van der Waals surface area contributed by atoms with Gasteiger partial charge in [0.15, 0.2) is 0 Å². The maximum atomic E-state index is 12.7. The zero-order valence-electron chi connectivity index (χ0n) is 10.6. The van der Waals surface area contributed by atoms with Crippen molar-refractivity contribution >= 4 is 27.5 Å². The molecule has 1 saturated heterocycles. The van der Waals surface area contributed by atoms with E-state index in [2.05, 4.69) is 21.2 Å². The molecular weight excluding hydrogens is 337 g/mol. The summed E-state index contributed by atoms with van der Waals surface area (Å²) in [5.74, 6) is -0.0870. The number of carbonyl (C=O) groups excluding carboxylic acids is 1. The molecular formula is C13H14BrF3N2O. The Balaban J connectivity index is 2.02. The highest BCUT2D eigenvalue weighted by atomic mass is 79.9. The monoisotopic (exact) mass is 350 g/mol. The van der Waals surface area contributed by atoms with Crippen molar-refractivity contribution in [1.82, 2.24) is 4.90 Å². The van der Waals surface area contributed by atoms with E-state index >= 15 is 0 Å². The van der Waals surface area contributed by atoms with Gasteiger partial charge in [-0.25, -0.2) is 0 Å². The van der Waals surface area contributed by atoms with Crippen LogP contribution in [-0.4, -0.2) is 30.4 Å². The van der Waals surface area contributed by atoms with Gasteiger partial charge in [-0.1, -0.05) is 15.9 Å². The van der Waals surface area contributed by atoms with Crippen molar-refractivity contribution in [3.05, 3.63) is 28.2 Å². The molecule has 0 atom stereocenters. The Labute approximate surface area is 123 Å². The van der Waals surface area contributed by atoms with E-state index in [4.69, 9.17) is 0 Å². The Morgan fingerprint density at radius 2 is 1.90 bits per heavy atom. The molecule has 0 radical (unpaired) electrons. The third kappa shape index (κ3) is 3.88. The number of hydrogen-bond donors (Lipinski definition) is 1. The lowest BCUT2D eigenvalue weighted by Crippen LogP contribution is -2.33. The summed E-state index contributed by atoms with van der Waals surface area (Å²) in [6.07, 6.45) is -2.43. The van der Waals surface area contributed by atoms with Crippen LogP contribution in [0.15, 0.2) is 22.7 Å². The Hall–Kier alpha value is -1.24. The zero-order valence-corrected chi connectivity index (χ0v) is 12.2. The van der Waals surface area contributed by atoms with E-state index < -0.39 is 11.7 Å². The third-order valence-electron chi connectivity index (χ3n) is 3.13. The number of alkyl halides is 3. The van der Waals surface area contributed by atoms with Crippen LogP contribution in [0, 0.1) is 0 Å². The highest BCUT2D eigenvalue weighted by Gasteiger charge is 2.31. The second-order valence-corrected chi connectivity index (χ2v) is 5.58. The topological polar surface area (TPSA) is 32.3 Å². The minimum atomic E-state index is -4.40. The van der Waals surface area contributed by atoms with Crippen LogP contribution in [0.25, 0.3) is 0 Å². The van der Waals surface area contributed by atoms with Crippen LogP contribution >= 0.6 is 15.9 Å². The van der Waals surface area contributed by atoms with Gasteiger partial charge in [-0.3, -0.25) is 4.79 Å². The smallest absolute Gasteiger partial charge is 0.376 e. The molecule has 3 nitrogen and oxygen atoms in total. The molecule has 0 aromatic heterocycles. The Bertz CT molecular complexity index is 499. The first-order chi connectivity index (χ1) is 9.36. The van der Waals surface area contributed by atoms with Crippen LogP contribution in [0.4, 0.5) is 18.9 Å². The molecule has 110 valence electrons. The summed E-state index contributed by atoms with van der Waals surface area (Å²) in [6, 6.07) is 3.53. The van der Waals surface area contributed by atoms with Gasteiger partial charge < -0.3 is 10.2 Å². The van der Waals surface area contributed by atoms with Gasteiger partial charge in [0.2, 0.25) is 5.91 Å². The molecule has 1 amide bonds. The van der Waals surface area contributed by atoms with E-state index in [9.17, 15) is 18.0 Å². The van der Waals surface area contributed by atoms with Crippen LogP contribution in [0.1, 0.15) is 18.4 Å². The van der Waals surface area contributed by atoms with E-state index in [0.717, 1.165) is 38.1 Å². The molecule has 0 spiro atoms. The Morgan fingerprint density at radius 3 is 2.50 bits per heavy atom. The minimum Gasteiger partial charge on any atom is -0.376 e. The summed E-state index contributed by atoms with van der Waals surface area (Å²) in [4.78, 5) is 13.5. The first-order valence-corrected chi connectivity index (χ1v) is 7.05. The first kappa shape index (κ1) is 15.2. The number of hydrogen-bond acceptors (Lipinski definition) is 2. The molecule has 1 aromatic carbocycles.